The number of likely N-dealkylation sites (tertiary alicyclic amines) is 1. The fourth-order valence-corrected chi connectivity index (χ4v) is 5.23. The van der Waals surface area contributed by atoms with E-state index in [1.165, 1.54) is 18.4 Å². The molecule has 1 aromatic rings. The molecule has 0 N–H and O–H groups in total. The molecule has 4 heterocycles. The first kappa shape index (κ1) is 14.0. The first-order valence-corrected chi connectivity index (χ1v) is 8.98. The third-order valence-corrected chi connectivity index (χ3v) is 6.44. The Morgan fingerprint density at radius 3 is 2.30 bits per heavy atom. The number of fused-ring (bicyclic) bond motifs is 5. The van der Waals surface area contributed by atoms with Gasteiger partial charge in [-0.1, -0.05) is 17.7 Å². The SMILES string of the molecule is Cc1ccc(N2CC[C@H](N3C[C@@H]4[C@@H](C3)[C@H]3CC[C@H]4O3)C2=O)cc1. The van der Waals surface area contributed by atoms with Crippen LogP contribution in [0.1, 0.15) is 24.8 Å². The molecule has 0 radical (unpaired) electrons. The molecule has 2 bridgehead atoms. The number of carbonyl (C=O) groups is 1. The summed E-state index contributed by atoms with van der Waals surface area (Å²) < 4.78 is 6.06. The van der Waals surface area contributed by atoms with Gasteiger partial charge in [0.25, 0.3) is 0 Å². The second-order valence-electron chi connectivity index (χ2n) is 7.70. The van der Waals surface area contributed by atoms with Crippen LogP contribution in [0, 0.1) is 18.8 Å². The van der Waals surface area contributed by atoms with Gasteiger partial charge in [-0.25, -0.2) is 0 Å². The zero-order chi connectivity index (χ0) is 15.6. The smallest absolute Gasteiger partial charge is 0.244 e. The average molecular weight is 312 g/mol. The van der Waals surface area contributed by atoms with Crippen molar-refractivity contribution < 1.29 is 9.53 Å². The Bertz CT molecular complexity index is 611. The van der Waals surface area contributed by atoms with Crippen molar-refractivity contribution >= 4 is 11.6 Å². The Kier molecular flexibility index (Phi) is 3.07. The lowest BCUT2D eigenvalue weighted by Gasteiger charge is -2.25. The summed E-state index contributed by atoms with van der Waals surface area (Å²) in [5.74, 6) is 1.65. The van der Waals surface area contributed by atoms with E-state index in [1.54, 1.807) is 0 Å². The van der Waals surface area contributed by atoms with Crippen LogP contribution in [0.3, 0.4) is 0 Å². The zero-order valence-electron chi connectivity index (χ0n) is 13.6. The topological polar surface area (TPSA) is 32.8 Å². The number of hydrogen-bond acceptors (Lipinski definition) is 3. The van der Waals surface area contributed by atoms with Crippen molar-refractivity contribution in [2.45, 2.75) is 44.4 Å². The number of amides is 1. The number of hydrogen-bond donors (Lipinski definition) is 0. The van der Waals surface area contributed by atoms with Gasteiger partial charge in [0.15, 0.2) is 0 Å². The van der Waals surface area contributed by atoms with Crippen LogP contribution >= 0.6 is 0 Å². The van der Waals surface area contributed by atoms with Gasteiger partial charge < -0.3 is 9.64 Å². The van der Waals surface area contributed by atoms with E-state index in [0.717, 1.165) is 31.7 Å². The van der Waals surface area contributed by atoms with Crippen LogP contribution < -0.4 is 4.90 Å². The molecule has 5 atom stereocenters. The van der Waals surface area contributed by atoms with E-state index in [0.29, 0.717) is 30.0 Å². The standard InChI is InChI=1S/C19H24N2O2/c1-12-2-4-13(5-3-12)21-9-8-16(19(21)22)20-10-14-15(11-20)18-7-6-17(14)23-18/h2-5,14-18H,6-11H2,1H3/t14-,15-,16+,17-,18-/m1/s1. The Hall–Kier alpha value is -1.39. The quantitative estimate of drug-likeness (QED) is 0.839. The summed E-state index contributed by atoms with van der Waals surface area (Å²) in [7, 11) is 0. The number of benzene rings is 1. The van der Waals surface area contributed by atoms with Crippen LogP contribution in [-0.4, -0.2) is 48.7 Å². The number of aryl methyl sites for hydroxylation is 1. The molecule has 0 aliphatic carbocycles. The fraction of sp³-hybridized carbons (Fsp3) is 0.632. The second-order valence-corrected chi connectivity index (χ2v) is 7.70. The third-order valence-electron chi connectivity index (χ3n) is 6.44. The molecular weight excluding hydrogens is 288 g/mol. The van der Waals surface area contributed by atoms with Crippen LogP contribution in [0.25, 0.3) is 0 Å². The van der Waals surface area contributed by atoms with Crippen molar-refractivity contribution in [3.8, 4) is 0 Å². The molecule has 0 unspecified atom stereocenters. The molecule has 4 nitrogen and oxygen atoms in total. The van der Waals surface area contributed by atoms with Gasteiger partial charge >= 0.3 is 0 Å². The predicted molar refractivity (Wildman–Crippen MR) is 88.4 cm³/mol. The Morgan fingerprint density at radius 2 is 1.65 bits per heavy atom. The second kappa shape index (κ2) is 5.05. The van der Waals surface area contributed by atoms with Crippen LogP contribution in [0.2, 0.25) is 0 Å². The van der Waals surface area contributed by atoms with Crippen molar-refractivity contribution in [1.82, 2.24) is 4.90 Å². The molecule has 4 aliphatic heterocycles. The monoisotopic (exact) mass is 312 g/mol. The number of nitrogens with zero attached hydrogens (tertiary/aromatic N) is 2. The van der Waals surface area contributed by atoms with Crippen molar-refractivity contribution in [2.24, 2.45) is 11.8 Å². The van der Waals surface area contributed by atoms with E-state index in [-0.39, 0.29) is 6.04 Å². The minimum absolute atomic E-state index is 0.0845. The Labute approximate surface area is 137 Å². The maximum atomic E-state index is 12.9. The Balaban J connectivity index is 1.31. The molecule has 23 heavy (non-hydrogen) atoms. The summed E-state index contributed by atoms with van der Waals surface area (Å²) >= 11 is 0. The van der Waals surface area contributed by atoms with Crippen LogP contribution in [0.5, 0.6) is 0 Å². The van der Waals surface area contributed by atoms with E-state index in [9.17, 15) is 4.79 Å². The van der Waals surface area contributed by atoms with E-state index in [1.807, 2.05) is 4.90 Å². The highest BCUT2D eigenvalue weighted by Gasteiger charge is 2.55. The Morgan fingerprint density at radius 1 is 1.00 bits per heavy atom. The van der Waals surface area contributed by atoms with Crippen LogP contribution in [-0.2, 0) is 9.53 Å². The van der Waals surface area contributed by atoms with Crippen LogP contribution in [0.15, 0.2) is 24.3 Å². The molecule has 0 aromatic heterocycles. The molecule has 5 rings (SSSR count). The van der Waals surface area contributed by atoms with E-state index in [2.05, 4.69) is 36.1 Å². The van der Waals surface area contributed by atoms with Gasteiger partial charge in [-0.2, -0.15) is 0 Å². The van der Waals surface area contributed by atoms with Gasteiger partial charge in [0.1, 0.15) is 0 Å². The lowest BCUT2D eigenvalue weighted by Crippen LogP contribution is -2.41. The largest absolute Gasteiger partial charge is 0.374 e. The minimum atomic E-state index is 0.0845. The molecule has 4 fully saturated rings. The van der Waals surface area contributed by atoms with Gasteiger partial charge in [-0.3, -0.25) is 9.69 Å². The number of rotatable bonds is 2. The van der Waals surface area contributed by atoms with Gasteiger partial charge in [0.2, 0.25) is 5.91 Å². The minimum Gasteiger partial charge on any atom is -0.374 e. The first-order chi connectivity index (χ1) is 11.2. The molecule has 4 heteroatoms. The molecule has 1 amide bonds. The van der Waals surface area contributed by atoms with Gasteiger partial charge in [-0.05, 0) is 38.3 Å². The van der Waals surface area contributed by atoms with Gasteiger partial charge in [0.05, 0.1) is 18.2 Å². The van der Waals surface area contributed by atoms with E-state index in [4.69, 9.17) is 4.74 Å². The lowest BCUT2D eigenvalue weighted by molar-refractivity contribution is -0.121. The summed E-state index contributed by atoms with van der Waals surface area (Å²) in [4.78, 5) is 17.4. The average Bonchev–Trinajstić information content (AvgIpc) is 3.28. The number of anilines is 1. The van der Waals surface area contributed by atoms with Crippen molar-refractivity contribution in [3.63, 3.8) is 0 Å². The number of carbonyl (C=O) groups excluding carboxylic acids is 1. The summed E-state index contributed by atoms with van der Waals surface area (Å²) in [5, 5.41) is 0. The summed E-state index contributed by atoms with van der Waals surface area (Å²) in [5.41, 5.74) is 2.28. The molecule has 4 aliphatic rings. The normalized spacial score (nSPS) is 39.4. The van der Waals surface area contributed by atoms with Gasteiger partial charge in [-0.15, -0.1) is 0 Å². The lowest BCUT2D eigenvalue weighted by atomic mass is 9.82. The third kappa shape index (κ3) is 2.08. The zero-order valence-corrected chi connectivity index (χ0v) is 13.6. The summed E-state index contributed by atoms with van der Waals surface area (Å²) in [6.45, 7) is 5.05. The highest BCUT2D eigenvalue weighted by molar-refractivity contribution is 5.99. The maximum absolute atomic E-state index is 12.9. The van der Waals surface area contributed by atoms with E-state index >= 15 is 0 Å². The summed E-state index contributed by atoms with van der Waals surface area (Å²) in [6.07, 6.45) is 4.36. The molecule has 4 saturated heterocycles. The number of ether oxygens (including phenoxy) is 1. The maximum Gasteiger partial charge on any atom is 0.244 e. The molecule has 1 aromatic carbocycles. The summed E-state index contributed by atoms with van der Waals surface area (Å²) in [6, 6.07) is 8.41. The molecule has 0 saturated carbocycles. The molecular formula is C19H24N2O2. The van der Waals surface area contributed by atoms with Crippen molar-refractivity contribution in [2.75, 3.05) is 24.5 Å². The van der Waals surface area contributed by atoms with Gasteiger partial charge in [0, 0.05) is 37.2 Å². The molecule has 0 spiro atoms. The highest BCUT2D eigenvalue weighted by atomic mass is 16.5. The van der Waals surface area contributed by atoms with Crippen molar-refractivity contribution in [1.29, 1.82) is 0 Å². The predicted octanol–water partition coefficient (Wildman–Crippen LogP) is 2.21. The van der Waals surface area contributed by atoms with Crippen molar-refractivity contribution in [3.05, 3.63) is 29.8 Å². The van der Waals surface area contributed by atoms with E-state index < -0.39 is 0 Å². The molecule has 122 valence electrons. The van der Waals surface area contributed by atoms with Crippen LogP contribution in [0.4, 0.5) is 5.69 Å². The highest BCUT2D eigenvalue weighted by Crippen LogP contribution is 2.48. The fourth-order valence-electron chi connectivity index (χ4n) is 5.23. The first-order valence-electron chi connectivity index (χ1n) is 8.98.